The number of carbonyl (C=O) groups excluding carboxylic acids is 3. The number of anilines is 1. The second-order valence-corrected chi connectivity index (χ2v) is 11.5. The number of thioether (sulfide) groups is 1. The molecule has 2 bridgehead atoms. The summed E-state index contributed by atoms with van der Waals surface area (Å²) in [5.41, 5.74) is 2.65. The summed E-state index contributed by atoms with van der Waals surface area (Å²) in [5.74, 6) is -1.98. The SMILES string of the molecule is CCOC(=O)[C@H]1[C@@H]2SC3(CC2Br)C(C(=O)Nc2c(C)cccc2C)N(CCCO)C(=O)[C@H]13. The van der Waals surface area contributed by atoms with Gasteiger partial charge < -0.3 is 20.1 Å². The second kappa shape index (κ2) is 8.99. The normalized spacial score (nSPS) is 32.8. The van der Waals surface area contributed by atoms with Gasteiger partial charge in [0.2, 0.25) is 11.8 Å². The number of aliphatic hydroxyl groups is 1. The van der Waals surface area contributed by atoms with Crippen molar-refractivity contribution < 1.29 is 24.2 Å². The van der Waals surface area contributed by atoms with Gasteiger partial charge in [0.25, 0.3) is 0 Å². The van der Waals surface area contributed by atoms with Crippen molar-refractivity contribution in [2.24, 2.45) is 11.8 Å². The van der Waals surface area contributed by atoms with Gasteiger partial charge in [0.15, 0.2) is 0 Å². The maximum Gasteiger partial charge on any atom is 0.310 e. The molecule has 3 saturated heterocycles. The average Bonchev–Trinajstić information content (AvgIpc) is 3.33. The molecule has 3 fully saturated rings. The number of alkyl halides is 1. The van der Waals surface area contributed by atoms with Gasteiger partial charge in [-0.1, -0.05) is 34.1 Å². The molecule has 3 aliphatic heterocycles. The molecule has 3 unspecified atom stereocenters. The number of benzene rings is 1. The number of rotatable bonds is 7. The van der Waals surface area contributed by atoms with E-state index in [0.29, 0.717) is 12.8 Å². The predicted molar refractivity (Wildman–Crippen MR) is 127 cm³/mol. The van der Waals surface area contributed by atoms with Crippen LogP contribution in [-0.2, 0) is 19.1 Å². The number of nitrogens with zero attached hydrogens (tertiary/aromatic N) is 1. The van der Waals surface area contributed by atoms with Gasteiger partial charge in [-0.05, 0) is 44.7 Å². The number of fused-ring (bicyclic) bond motifs is 1. The molecule has 32 heavy (non-hydrogen) atoms. The van der Waals surface area contributed by atoms with Gasteiger partial charge in [-0.25, -0.2) is 0 Å². The van der Waals surface area contributed by atoms with Gasteiger partial charge in [0.1, 0.15) is 6.04 Å². The summed E-state index contributed by atoms with van der Waals surface area (Å²) in [6.45, 7) is 6.07. The van der Waals surface area contributed by atoms with E-state index in [-0.39, 0.29) is 47.6 Å². The smallest absolute Gasteiger partial charge is 0.310 e. The highest BCUT2D eigenvalue weighted by atomic mass is 79.9. The van der Waals surface area contributed by atoms with Crippen LogP contribution >= 0.6 is 27.7 Å². The van der Waals surface area contributed by atoms with E-state index < -0.39 is 22.6 Å². The minimum atomic E-state index is -0.722. The third-order valence-electron chi connectivity index (χ3n) is 6.88. The molecule has 0 aliphatic carbocycles. The highest BCUT2D eigenvalue weighted by Crippen LogP contribution is 2.67. The van der Waals surface area contributed by atoms with Crippen LogP contribution in [0.1, 0.15) is 30.9 Å². The third-order valence-corrected chi connectivity index (χ3v) is 10.1. The van der Waals surface area contributed by atoms with Crippen molar-refractivity contribution in [3.05, 3.63) is 29.3 Å². The molecule has 6 atom stereocenters. The van der Waals surface area contributed by atoms with Gasteiger partial charge in [0, 0.05) is 28.9 Å². The van der Waals surface area contributed by atoms with Crippen LogP contribution in [0.3, 0.4) is 0 Å². The number of esters is 1. The Balaban J connectivity index is 1.73. The van der Waals surface area contributed by atoms with Gasteiger partial charge in [0.05, 0.1) is 23.2 Å². The monoisotopic (exact) mass is 524 g/mol. The Bertz CT molecular complexity index is 923. The maximum absolute atomic E-state index is 13.8. The first-order valence-electron chi connectivity index (χ1n) is 11.0. The van der Waals surface area contributed by atoms with E-state index in [0.717, 1.165) is 16.8 Å². The number of carbonyl (C=O) groups is 3. The van der Waals surface area contributed by atoms with E-state index in [1.165, 1.54) is 0 Å². The first-order valence-corrected chi connectivity index (χ1v) is 12.8. The first kappa shape index (κ1) is 23.6. The van der Waals surface area contributed by atoms with Gasteiger partial charge in [-0.3, -0.25) is 14.4 Å². The van der Waals surface area contributed by atoms with E-state index in [2.05, 4.69) is 21.2 Å². The summed E-state index contributed by atoms with van der Waals surface area (Å²) >= 11 is 5.30. The molecule has 9 heteroatoms. The number of para-hydroxylation sites is 1. The largest absolute Gasteiger partial charge is 0.466 e. The van der Waals surface area contributed by atoms with E-state index >= 15 is 0 Å². The Morgan fingerprint density at radius 3 is 2.66 bits per heavy atom. The van der Waals surface area contributed by atoms with Crippen LogP contribution in [-0.4, -0.2) is 68.4 Å². The van der Waals surface area contributed by atoms with Crippen LogP contribution in [0.25, 0.3) is 0 Å². The number of ether oxygens (including phenoxy) is 1. The summed E-state index contributed by atoms with van der Waals surface area (Å²) in [6, 6.07) is 5.10. The number of aryl methyl sites for hydroxylation is 2. The molecular weight excluding hydrogens is 496 g/mol. The molecule has 174 valence electrons. The topological polar surface area (TPSA) is 95.9 Å². The number of nitrogens with one attached hydrogen (secondary N) is 1. The molecule has 1 aromatic rings. The number of amides is 2. The summed E-state index contributed by atoms with van der Waals surface area (Å²) < 4.78 is 4.63. The van der Waals surface area contributed by atoms with Gasteiger partial charge in [-0.15, -0.1) is 11.8 Å². The van der Waals surface area contributed by atoms with Crippen LogP contribution in [0.15, 0.2) is 18.2 Å². The number of halogens is 1. The molecule has 4 rings (SSSR count). The lowest BCUT2D eigenvalue weighted by Gasteiger charge is -2.35. The maximum atomic E-state index is 13.8. The first-order chi connectivity index (χ1) is 15.3. The Labute approximate surface area is 200 Å². The zero-order valence-electron chi connectivity index (χ0n) is 18.5. The van der Waals surface area contributed by atoms with Crippen LogP contribution < -0.4 is 5.32 Å². The van der Waals surface area contributed by atoms with Crippen molar-refractivity contribution in [1.82, 2.24) is 4.90 Å². The standard InChI is InChI=1S/C23H29BrN2O5S/c1-4-31-22(30)15-16-21(29)26(9-6-10-27)19(23(16)11-14(24)18(15)32-23)20(28)25-17-12(2)7-5-8-13(17)3/h5,7-8,14-16,18-19,27H,4,6,9-11H2,1-3H3,(H,25,28)/t14?,15-,16+,18-,19?,23?/m1/s1. The third kappa shape index (κ3) is 3.56. The van der Waals surface area contributed by atoms with Crippen LogP contribution in [0.2, 0.25) is 0 Å². The summed E-state index contributed by atoms with van der Waals surface area (Å²) in [7, 11) is 0. The molecule has 3 aliphatic rings. The number of hydrogen-bond acceptors (Lipinski definition) is 6. The molecule has 7 nitrogen and oxygen atoms in total. The van der Waals surface area contributed by atoms with Crippen molar-refractivity contribution in [2.45, 2.75) is 54.5 Å². The average molecular weight is 525 g/mol. The minimum Gasteiger partial charge on any atom is -0.466 e. The molecule has 1 spiro atoms. The number of hydrogen-bond donors (Lipinski definition) is 2. The molecule has 0 aromatic heterocycles. The highest BCUT2D eigenvalue weighted by Gasteiger charge is 2.75. The van der Waals surface area contributed by atoms with E-state index in [1.807, 2.05) is 32.0 Å². The predicted octanol–water partition coefficient (Wildman–Crippen LogP) is 2.65. The van der Waals surface area contributed by atoms with Crippen molar-refractivity contribution in [3.63, 3.8) is 0 Å². The Morgan fingerprint density at radius 2 is 2.03 bits per heavy atom. The van der Waals surface area contributed by atoms with Crippen molar-refractivity contribution in [1.29, 1.82) is 0 Å². The molecule has 1 aromatic carbocycles. The highest BCUT2D eigenvalue weighted by molar-refractivity contribution is 9.09. The lowest BCUT2D eigenvalue weighted by Crippen LogP contribution is -2.52. The molecule has 2 N–H and O–H groups in total. The summed E-state index contributed by atoms with van der Waals surface area (Å²) in [6.07, 6.45) is 0.993. The molecule has 0 saturated carbocycles. The molecule has 0 radical (unpaired) electrons. The van der Waals surface area contributed by atoms with Gasteiger partial charge >= 0.3 is 5.97 Å². The quantitative estimate of drug-likeness (QED) is 0.420. The Hall–Kier alpha value is -1.58. The number of likely N-dealkylation sites (tertiary alicyclic amines) is 1. The zero-order valence-corrected chi connectivity index (χ0v) is 20.9. The summed E-state index contributed by atoms with van der Waals surface area (Å²) in [5, 5.41) is 12.4. The van der Waals surface area contributed by atoms with Crippen molar-refractivity contribution in [3.8, 4) is 0 Å². The Kier molecular flexibility index (Phi) is 6.62. The molecule has 3 heterocycles. The lowest BCUT2D eigenvalue weighted by molar-refractivity contribution is -0.153. The van der Waals surface area contributed by atoms with Crippen molar-refractivity contribution in [2.75, 3.05) is 25.1 Å². The molecular formula is C23H29BrN2O5S. The van der Waals surface area contributed by atoms with Crippen molar-refractivity contribution >= 4 is 51.2 Å². The van der Waals surface area contributed by atoms with E-state index in [9.17, 15) is 19.5 Å². The fraction of sp³-hybridized carbons (Fsp3) is 0.609. The summed E-state index contributed by atoms with van der Waals surface area (Å²) in [4.78, 5) is 41.9. The van der Waals surface area contributed by atoms with Crippen LogP contribution in [0, 0.1) is 25.7 Å². The minimum absolute atomic E-state index is 0.0132. The van der Waals surface area contributed by atoms with E-state index in [1.54, 1.807) is 23.6 Å². The molecule has 2 amide bonds. The Morgan fingerprint density at radius 1 is 1.34 bits per heavy atom. The van der Waals surface area contributed by atoms with Crippen LogP contribution in [0.4, 0.5) is 5.69 Å². The fourth-order valence-electron chi connectivity index (χ4n) is 5.62. The zero-order chi connectivity index (χ0) is 23.2. The lowest BCUT2D eigenvalue weighted by atomic mass is 9.71. The van der Waals surface area contributed by atoms with Gasteiger partial charge in [-0.2, -0.15) is 0 Å². The fourth-order valence-corrected chi connectivity index (χ4v) is 9.22. The van der Waals surface area contributed by atoms with E-state index in [4.69, 9.17) is 4.74 Å². The van der Waals surface area contributed by atoms with Crippen LogP contribution in [0.5, 0.6) is 0 Å². The number of aliphatic hydroxyl groups excluding tert-OH is 1. The second-order valence-electron chi connectivity index (χ2n) is 8.78.